The Balaban J connectivity index is 1.82. The second-order valence-electron chi connectivity index (χ2n) is 7.58. The minimum atomic E-state index is 0.328. The van der Waals surface area contributed by atoms with Crippen LogP contribution in [0.4, 0.5) is 0 Å². The fourth-order valence-corrected chi connectivity index (χ4v) is 3.89. The summed E-state index contributed by atoms with van der Waals surface area (Å²) in [6, 6.07) is 0.328. The molecule has 0 amide bonds. The van der Waals surface area contributed by atoms with E-state index < -0.39 is 0 Å². The molecule has 1 saturated carbocycles. The standard InChI is InChI=1S/C20H37N5/c1-6-21-20(22-13-9-12-18-10-7-8-11-18)23-15(2)14-19-16(3)24-25(5)17(19)4/h15,18H,6-14H2,1-5H3,(H2,21,22,23). The SMILES string of the molecule is CCNC(=NCCCC1CCCC1)NC(C)Cc1c(C)nn(C)c1C. The highest BCUT2D eigenvalue weighted by molar-refractivity contribution is 5.80. The average Bonchev–Trinajstić information content (AvgIpc) is 3.16. The molecule has 1 heterocycles. The van der Waals surface area contributed by atoms with Crippen LogP contribution < -0.4 is 10.6 Å². The number of guanidine groups is 1. The molecule has 1 aliphatic rings. The third kappa shape index (κ3) is 6.05. The number of hydrogen-bond acceptors (Lipinski definition) is 2. The summed E-state index contributed by atoms with van der Waals surface area (Å²) in [5.41, 5.74) is 3.73. The fraction of sp³-hybridized carbons (Fsp3) is 0.800. The predicted octanol–water partition coefficient (Wildman–Crippen LogP) is 3.49. The number of nitrogens with zero attached hydrogens (tertiary/aromatic N) is 3. The number of nitrogens with one attached hydrogen (secondary N) is 2. The number of rotatable bonds is 8. The normalized spacial score (nSPS) is 17.1. The molecule has 5 nitrogen and oxygen atoms in total. The van der Waals surface area contributed by atoms with Crippen LogP contribution in [-0.2, 0) is 13.5 Å². The highest BCUT2D eigenvalue weighted by Gasteiger charge is 2.15. The second kappa shape index (κ2) is 9.83. The molecule has 0 aromatic carbocycles. The van der Waals surface area contributed by atoms with Gasteiger partial charge in [-0.25, -0.2) is 0 Å². The van der Waals surface area contributed by atoms with Gasteiger partial charge in [-0.3, -0.25) is 9.67 Å². The smallest absolute Gasteiger partial charge is 0.191 e. The van der Waals surface area contributed by atoms with Crippen LogP contribution in [0.3, 0.4) is 0 Å². The Morgan fingerprint density at radius 2 is 2.04 bits per heavy atom. The second-order valence-corrected chi connectivity index (χ2v) is 7.58. The molecule has 0 saturated heterocycles. The van der Waals surface area contributed by atoms with Crippen molar-refractivity contribution in [1.82, 2.24) is 20.4 Å². The van der Waals surface area contributed by atoms with E-state index in [2.05, 4.69) is 43.4 Å². The first-order valence-corrected chi connectivity index (χ1v) is 10.0. The van der Waals surface area contributed by atoms with E-state index in [1.54, 1.807) is 0 Å². The molecular formula is C20H37N5. The highest BCUT2D eigenvalue weighted by Crippen LogP contribution is 2.28. The summed E-state index contributed by atoms with van der Waals surface area (Å²) < 4.78 is 1.97. The molecule has 1 aromatic rings. The predicted molar refractivity (Wildman–Crippen MR) is 106 cm³/mol. The summed E-state index contributed by atoms with van der Waals surface area (Å²) in [5, 5.41) is 11.5. The van der Waals surface area contributed by atoms with Crippen molar-refractivity contribution in [2.45, 2.75) is 78.7 Å². The molecule has 0 radical (unpaired) electrons. The molecule has 1 fully saturated rings. The summed E-state index contributed by atoms with van der Waals surface area (Å²) in [4.78, 5) is 4.78. The van der Waals surface area contributed by atoms with Gasteiger partial charge in [0, 0.05) is 31.9 Å². The molecule has 2 rings (SSSR count). The van der Waals surface area contributed by atoms with E-state index in [-0.39, 0.29) is 0 Å². The van der Waals surface area contributed by atoms with Crippen molar-refractivity contribution in [1.29, 1.82) is 0 Å². The van der Waals surface area contributed by atoms with E-state index in [0.717, 1.165) is 37.1 Å². The maximum Gasteiger partial charge on any atom is 0.191 e. The van der Waals surface area contributed by atoms with Gasteiger partial charge in [0.25, 0.3) is 0 Å². The van der Waals surface area contributed by atoms with Crippen LogP contribution in [0.15, 0.2) is 4.99 Å². The fourth-order valence-electron chi connectivity index (χ4n) is 3.89. The van der Waals surface area contributed by atoms with Crippen molar-refractivity contribution in [3.8, 4) is 0 Å². The molecule has 1 atom stereocenters. The number of aryl methyl sites for hydroxylation is 2. The van der Waals surface area contributed by atoms with Gasteiger partial charge in [-0.2, -0.15) is 5.10 Å². The molecule has 2 N–H and O–H groups in total. The first-order valence-electron chi connectivity index (χ1n) is 10.0. The topological polar surface area (TPSA) is 54.2 Å². The van der Waals surface area contributed by atoms with E-state index in [1.807, 2.05) is 11.7 Å². The zero-order chi connectivity index (χ0) is 18.2. The monoisotopic (exact) mass is 347 g/mol. The van der Waals surface area contributed by atoms with Crippen LogP contribution in [0, 0.1) is 19.8 Å². The quantitative estimate of drug-likeness (QED) is 0.430. The van der Waals surface area contributed by atoms with Crippen LogP contribution in [0.25, 0.3) is 0 Å². The van der Waals surface area contributed by atoms with E-state index in [1.165, 1.54) is 49.8 Å². The summed E-state index contributed by atoms with van der Waals surface area (Å²) in [6.45, 7) is 10.4. The van der Waals surface area contributed by atoms with Crippen LogP contribution in [-0.4, -0.2) is 34.9 Å². The maximum atomic E-state index is 4.78. The van der Waals surface area contributed by atoms with E-state index in [9.17, 15) is 0 Å². The first-order chi connectivity index (χ1) is 12.0. The zero-order valence-corrected chi connectivity index (χ0v) is 16.9. The lowest BCUT2D eigenvalue weighted by atomic mass is 10.0. The highest BCUT2D eigenvalue weighted by atomic mass is 15.3. The largest absolute Gasteiger partial charge is 0.357 e. The van der Waals surface area contributed by atoms with Crippen molar-refractivity contribution >= 4 is 5.96 Å². The lowest BCUT2D eigenvalue weighted by Gasteiger charge is -2.18. The van der Waals surface area contributed by atoms with Gasteiger partial charge in [-0.05, 0) is 58.4 Å². The first kappa shape index (κ1) is 19.8. The van der Waals surface area contributed by atoms with Gasteiger partial charge < -0.3 is 10.6 Å². The van der Waals surface area contributed by atoms with Crippen molar-refractivity contribution in [2.24, 2.45) is 18.0 Å². The zero-order valence-electron chi connectivity index (χ0n) is 16.9. The van der Waals surface area contributed by atoms with Crippen molar-refractivity contribution in [3.05, 3.63) is 17.0 Å². The number of aliphatic imine (C=N–C) groups is 1. The Kier molecular flexibility index (Phi) is 7.79. The molecule has 5 heteroatoms. The average molecular weight is 348 g/mol. The molecule has 0 aliphatic heterocycles. The molecule has 25 heavy (non-hydrogen) atoms. The number of hydrogen-bond donors (Lipinski definition) is 2. The van der Waals surface area contributed by atoms with Gasteiger partial charge in [-0.1, -0.05) is 25.7 Å². The van der Waals surface area contributed by atoms with Crippen LogP contribution in [0.5, 0.6) is 0 Å². The molecule has 142 valence electrons. The molecule has 0 bridgehead atoms. The van der Waals surface area contributed by atoms with E-state index >= 15 is 0 Å². The summed E-state index contributed by atoms with van der Waals surface area (Å²) >= 11 is 0. The van der Waals surface area contributed by atoms with Gasteiger partial charge in [0.15, 0.2) is 5.96 Å². The molecular weight excluding hydrogens is 310 g/mol. The van der Waals surface area contributed by atoms with Gasteiger partial charge >= 0.3 is 0 Å². The van der Waals surface area contributed by atoms with Crippen LogP contribution in [0.1, 0.15) is 69.3 Å². The van der Waals surface area contributed by atoms with Crippen molar-refractivity contribution < 1.29 is 0 Å². The molecule has 1 aliphatic carbocycles. The summed E-state index contributed by atoms with van der Waals surface area (Å²) in [7, 11) is 2.01. The van der Waals surface area contributed by atoms with Crippen LogP contribution >= 0.6 is 0 Å². The van der Waals surface area contributed by atoms with Crippen molar-refractivity contribution in [3.63, 3.8) is 0 Å². The third-order valence-corrected chi connectivity index (χ3v) is 5.41. The minimum Gasteiger partial charge on any atom is -0.357 e. The van der Waals surface area contributed by atoms with Gasteiger partial charge in [0.05, 0.1) is 5.69 Å². The maximum absolute atomic E-state index is 4.78. The number of aromatic nitrogens is 2. The lowest BCUT2D eigenvalue weighted by molar-refractivity contribution is 0.487. The lowest BCUT2D eigenvalue weighted by Crippen LogP contribution is -2.43. The van der Waals surface area contributed by atoms with E-state index in [0.29, 0.717) is 6.04 Å². The Hall–Kier alpha value is -1.52. The Morgan fingerprint density at radius 3 is 2.64 bits per heavy atom. The Morgan fingerprint density at radius 1 is 1.32 bits per heavy atom. The summed E-state index contributed by atoms with van der Waals surface area (Å²) in [5.74, 6) is 1.90. The Labute approximate surface area is 153 Å². The molecule has 1 aromatic heterocycles. The van der Waals surface area contributed by atoms with Crippen LogP contribution in [0.2, 0.25) is 0 Å². The van der Waals surface area contributed by atoms with Crippen molar-refractivity contribution in [2.75, 3.05) is 13.1 Å². The van der Waals surface area contributed by atoms with Gasteiger partial charge in [0.1, 0.15) is 0 Å². The molecule has 1 unspecified atom stereocenters. The van der Waals surface area contributed by atoms with Gasteiger partial charge in [-0.15, -0.1) is 0 Å². The van der Waals surface area contributed by atoms with Gasteiger partial charge in [0.2, 0.25) is 0 Å². The molecule has 0 spiro atoms. The summed E-state index contributed by atoms with van der Waals surface area (Å²) in [6.07, 6.45) is 9.25. The van der Waals surface area contributed by atoms with E-state index in [4.69, 9.17) is 4.99 Å². The Bertz CT molecular complexity index is 555. The minimum absolute atomic E-state index is 0.328. The third-order valence-electron chi connectivity index (χ3n) is 5.41.